The molecule has 2 N–H and O–H groups in total. The van der Waals surface area contributed by atoms with Gasteiger partial charge in [0.05, 0.1) is 6.67 Å². The molecule has 0 saturated heterocycles. The second-order valence-corrected chi connectivity index (χ2v) is 3.32. The van der Waals surface area contributed by atoms with Crippen molar-refractivity contribution < 1.29 is 4.39 Å². The molecule has 0 heterocycles. The molecule has 1 nitrogen and oxygen atoms in total. The topological polar surface area (TPSA) is 26.0 Å². The molecular weight excluding hydrogens is 165 g/mol. The predicted octanol–water partition coefficient (Wildman–Crippen LogP) is 2.26. The monoisotopic (exact) mass is 181 g/mol. The Bertz CT molecular complexity index is 260. The van der Waals surface area contributed by atoms with Crippen molar-refractivity contribution in [3.8, 4) is 0 Å². The fourth-order valence-corrected chi connectivity index (χ4v) is 1.30. The highest BCUT2D eigenvalue weighted by molar-refractivity contribution is 5.26. The van der Waals surface area contributed by atoms with E-state index in [-0.39, 0.29) is 6.67 Å². The molecule has 0 spiro atoms. The van der Waals surface area contributed by atoms with Crippen LogP contribution >= 0.6 is 0 Å². The quantitative estimate of drug-likeness (QED) is 0.757. The summed E-state index contributed by atoms with van der Waals surface area (Å²) in [6, 6.07) is 8.00. The van der Waals surface area contributed by atoms with Crippen LogP contribution in [0.25, 0.3) is 0 Å². The van der Waals surface area contributed by atoms with E-state index in [4.69, 9.17) is 5.73 Å². The first-order valence-electron chi connectivity index (χ1n) is 4.62. The summed E-state index contributed by atoms with van der Waals surface area (Å²) in [7, 11) is 0. The second-order valence-electron chi connectivity index (χ2n) is 3.32. The Labute approximate surface area is 78.8 Å². The van der Waals surface area contributed by atoms with Gasteiger partial charge in [-0.2, -0.15) is 0 Å². The van der Waals surface area contributed by atoms with E-state index in [2.05, 4.69) is 6.92 Å². The highest BCUT2D eigenvalue weighted by Crippen LogP contribution is 2.15. The number of hydrogen-bond acceptors (Lipinski definition) is 1. The zero-order chi connectivity index (χ0) is 9.68. The maximum absolute atomic E-state index is 12.1. The lowest BCUT2D eigenvalue weighted by atomic mass is 9.98. The van der Waals surface area contributed by atoms with Crippen LogP contribution < -0.4 is 5.73 Å². The number of halogens is 1. The number of aryl methyl sites for hydroxylation is 1. The molecule has 0 saturated carbocycles. The van der Waals surface area contributed by atoms with E-state index in [1.165, 1.54) is 5.56 Å². The fourth-order valence-electron chi connectivity index (χ4n) is 1.30. The van der Waals surface area contributed by atoms with Gasteiger partial charge in [0, 0.05) is 6.42 Å². The van der Waals surface area contributed by atoms with E-state index in [1.54, 1.807) is 0 Å². The van der Waals surface area contributed by atoms with E-state index in [9.17, 15) is 4.39 Å². The largest absolute Gasteiger partial charge is 0.330 e. The van der Waals surface area contributed by atoms with Gasteiger partial charge in [-0.25, -0.2) is 0 Å². The van der Waals surface area contributed by atoms with Crippen molar-refractivity contribution in [1.82, 2.24) is 0 Å². The van der Waals surface area contributed by atoms with Gasteiger partial charge in [0.1, 0.15) is 0 Å². The van der Waals surface area contributed by atoms with Gasteiger partial charge in [0.25, 0.3) is 0 Å². The number of nitrogens with two attached hydrogens (primary N) is 1. The summed E-state index contributed by atoms with van der Waals surface area (Å²) in [4.78, 5) is 0. The Morgan fingerprint density at radius 3 is 2.85 bits per heavy atom. The third-order valence-electron chi connectivity index (χ3n) is 2.26. The Kier molecular flexibility index (Phi) is 3.90. The lowest BCUT2D eigenvalue weighted by Crippen LogP contribution is -2.09. The van der Waals surface area contributed by atoms with Crippen LogP contribution in [0.5, 0.6) is 0 Å². The Hall–Kier alpha value is -0.890. The molecule has 0 aromatic heterocycles. The van der Waals surface area contributed by atoms with Crippen molar-refractivity contribution >= 4 is 0 Å². The van der Waals surface area contributed by atoms with Crippen LogP contribution in [0.15, 0.2) is 24.3 Å². The second kappa shape index (κ2) is 4.97. The molecule has 1 aromatic carbocycles. The van der Waals surface area contributed by atoms with Crippen LogP contribution in [-0.2, 0) is 6.42 Å². The van der Waals surface area contributed by atoms with E-state index >= 15 is 0 Å². The van der Waals surface area contributed by atoms with Crippen LogP contribution in [0, 0.1) is 0 Å². The van der Waals surface area contributed by atoms with E-state index in [0.29, 0.717) is 18.9 Å². The highest BCUT2D eigenvalue weighted by Gasteiger charge is 2.03. The molecular formula is C11H16FN. The molecule has 1 rings (SSSR count). The molecule has 13 heavy (non-hydrogen) atoms. The summed E-state index contributed by atoms with van der Waals surface area (Å²) in [5.41, 5.74) is 7.81. The lowest BCUT2D eigenvalue weighted by Gasteiger charge is -2.09. The molecule has 1 aromatic rings. The molecule has 0 bridgehead atoms. The first-order chi connectivity index (χ1) is 6.27. The minimum atomic E-state index is -0.291. The zero-order valence-electron chi connectivity index (χ0n) is 7.96. The van der Waals surface area contributed by atoms with Crippen molar-refractivity contribution in [1.29, 1.82) is 0 Å². The molecule has 0 aliphatic carbocycles. The van der Waals surface area contributed by atoms with E-state index in [0.717, 1.165) is 5.56 Å². The number of alkyl halides is 1. The number of benzene rings is 1. The predicted molar refractivity (Wildman–Crippen MR) is 53.6 cm³/mol. The van der Waals surface area contributed by atoms with Crippen molar-refractivity contribution in [2.24, 2.45) is 5.73 Å². The molecule has 1 atom stereocenters. The Morgan fingerprint density at radius 1 is 1.46 bits per heavy atom. The van der Waals surface area contributed by atoms with Crippen LogP contribution in [0.1, 0.15) is 24.0 Å². The molecule has 72 valence electrons. The SMILES string of the molecule is CC(CN)c1cccc(CCF)c1. The van der Waals surface area contributed by atoms with Gasteiger partial charge >= 0.3 is 0 Å². The van der Waals surface area contributed by atoms with E-state index < -0.39 is 0 Å². The molecule has 0 radical (unpaired) electrons. The van der Waals surface area contributed by atoms with Crippen molar-refractivity contribution in [2.75, 3.05) is 13.2 Å². The number of hydrogen-bond donors (Lipinski definition) is 1. The molecule has 2 heteroatoms. The van der Waals surface area contributed by atoms with Gasteiger partial charge in [-0.15, -0.1) is 0 Å². The summed E-state index contributed by atoms with van der Waals surface area (Å²) < 4.78 is 12.1. The van der Waals surface area contributed by atoms with Gasteiger partial charge in [-0.05, 0) is 23.6 Å². The van der Waals surface area contributed by atoms with Crippen molar-refractivity contribution in [3.63, 3.8) is 0 Å². The molecule has 0 fully saturated rings. The van der Waals surface area contributed by atoms with E-state index in [1.807, 2.05) is 24.3 Å². The average molecular weight is 181 g/mol. The standard InChI is InChI=1S/C11H16FN/c1-9(8-13)11-4-2-3-10(7-11)5-6-12/h2-4,7,9H,5-6,8,13H2,1H3. The average Bonchev–Trinajstić information content (AvgIpc) is 2.18. The zero-order valence-corrected chi connectivity index (χ0v) is 7.96. The normalized spacial score (nSPS) is 12.8. The van der Waals surface area contributed by atoms with Crippen LogP contribution in [0.3, 0.4) is 0 Å². The third kappa shape index (κ3) is 2.81. The first-order valence-corrected chi connectivity index (χ1v) is 4.62. The smallest absolute Gasteiger partial charge is 0.0934 e. The van der Waals surface area contributed by atoms with Crippen LogP contribution in [0.2, 0.25) is 0 Å². The summed E-state index contributed by atoms with van der Waals surface area (Å²) >= 11 is 0. The first kappa shape index (κ1) is 10.2. The number of rotatable bonds is 4. The third-order valence-corrected chi connectivity index (χ3v) is 2.26. The molecule has 0 aliphatic rings. The van der Waals surface area contributed by atoms with Crippen molar-refractivity contribution in [2.45, 2.75) is 19.3 Å². The van der Waals surface area contributed by atoms with Gasteiger partial charge in [-0.3, -0.25) is 4.39 Å². The summed E-state index contributed by atoms with van der Waals surface area (Å²) in [6.07, 6.45) is 0.505. The van der Waals surface area contributed by atoms with Crippen molar-refractivity contribution in [3.05, 3.63) is 35.4 Å². The Balaban J connectivity index is 2.78. The minimum Gasteiger partial charge on any atom is -0.330 e. The summed E-state index contributed by atoms with van der Waals surface area (Å²) in [5.74, 6) is 0.361. The molecule has 0 amide bonds. The minimum absolute atomic E-state index is 0.291. The summed E-state index contributed by atoms with van der Waals surface area (Å²) in [5, 5.41) is 0. The maximum atomic E-state index is 12.1. The molecule has 1 unspecified atom stereocenters. The van der Waals surface area contributed by atoms with Gasteiger partial charge in [0.2, 0.25) is 0 Å². The fraction of sp³-hybridized carbons (Fsp3) is 0.455. The van der Waals surface area contributed by atoms with Gasteiger partial charge < -0.3 is 5.73 Å². The van der Waals surface area contributed by atoms with Gasteiger partial charge in [-0.1, -0.05) is 31.2 Å². The van der Waals surface area contributed by atoms with Gasteiger partial charge in [0.15, 0.2) is 0 Å². The van der Waals surface area contributed by atoms with Crippen LogP contribution in [-0.4, -0.2) is 13.2 Å². The maximum Gasteiger partial charge on any atom is 0.0934 e. The van der Waals surface area contributed by atoms with Crippen LogP contribution in [0.4, 0.5) is 4.39 Å². The lowest BCUT2D eigenvalue weighted by molar-refractivity contribution is 0.495. The highest BCUT2D eigenvalue weighted by atomic mass is 19.1. The molecule has 0 aliphatic heterocycles. The Morgan fingerprint density at radius 2 is 2.23 bits per heavy atom. The summed E-state index contributed by atoms with van der Waals surface area (Å²) in [6.45, 7) is 2.42.